The van der Waals surface area contributed by atoms with Gasteiger partial charge in [-0.15, -0.1) is 0 Å². The third-order valence-corrected chi connectivity index (χ3v) is 4.45. The molecule has 0 radical (unpaired) electrons. The molecule has 26 heavy (non-hydrogen) atoms. The van der Waals surface area contributed by atoms with E-state index < -0.39 is 5.97 Å². The summed E-state index contributed by atoms with van der Waals surface area (Å²) in [7, 11) is 0. The fourth-order valence-corrected chi connectivity index (χ4v) is 3.03. The molecule has 3 aromatic rings. The van der Waals surface area contributed by atoms with E-state index in [-0.39, 0.29) is 6.61 Å². The van der Waals surface area contributed by atoms with E-state index in [1.165, 1.54) is 0 Å². The van der Waals surface area contributed by atoms with Gasteiger partial charge in [0.1, 0.15) is 6.61 Å². The average Bonchev–Trinajstić information content (AvgIpc) is 2.67. The van der Waals surface area contributed by atoms with Crippen molar-refractivity contribution in [1.29, 1.82) is 5.26 Å². The van der Waals surface area contributed by atoms with Crippen LogP contribution >= 0.6 is 23.2 Å². The number of carbonyl (C=O) groups is 1. The van der Waals surface area contributed by atoms with Crippen LogP contribution in [0.5, 0.6) is 0 Å². The van der Waals surface area contributed by atoms with Gasteiger partial charge >= 0.3 is 5.97 Å². The van der Waals surface area contributed by atoms with Gasteiger partial charge in [-0.3, -0.25) is 0 Å². The van der Waals surface area contributed by atoms with Crippen LogP contribution in [0.2, 0.25) is 10.0 Å². The zero-order valence-corrected chi connectivity index (χ0v) is 15.1. The Kier molecular flexibility index (Phi) is 5.58. The number of ether oxygens (including phenoxy) is 1. The molecule has 128 valence electrons. The van der Waals surface area contributed by atoms with Crippen LogP contribution in [-0.2, 0) is 11.3 Å². The van der Waals surface area contributed by atoms with Crippen molar-refractivity contribution in [3.05, 3.63) is 93.5 Å². The largest absolute Gasteiger partial charge is 0.457 e. The third-order valence-electron chi connectivity index (χ3n) is 3.86. The fraction of sp³-hybridized carbons (Fsp3) is 0.0476. The summed E-state index contributed by atoms with van der Waals surface area (Å²) in [5.41, 5.74) is 2.89. The van der Waals surface area contributed by atoms with Gasteiger partial charge in [0.25, 0.3) is 0 Å². The van der Waals surface area contributed by atoms with Crippen LogP contribution in [0.3, 0.4) is 0 Å². The second-order valence-electron chi connectivity index (χ2n) is 5.51. The van der Waals surface area contributed by atoms with Crippen molar-refractivity contribution >= 4 is 29.2 Å². The van der Waals surface area contributed by atoms with Gasteiger partial charge in [0, 0.05) is 21.2 Å². The summed E-state index contributed by atoms with van der Waals surface area (Å²) in [6, 6.07) is 21.3. The van der Waals surface area contributed by atoms with E-state index in [0.29, 0.717) is 37.9 Å². The van der Waals surface area contributed by atoms with Crippen molar-refractivity contribution < 1.29 is 9.53 Å². The van der Waals surface area contributed by atoms with E-state index in [1.54, 1.807) is 54.6 Å². The van der Waals surface area contributed by atoms with Gasteiger partial charge in [-0.05, 0) is 29.8 Å². The van der Waals surface area contributed by atoms with Crippen LogP contribution in [-0.4, -0.2) is 5.97 Å². The SMILES string of the molecule is N#Cc1ccccc1-c1ccccc1C(=O)OCc1ccc(Cl)cc1Cl. The number of nitriles is 1. The molecule has 0 aliphatic heterocycles. The summed E-state index contributed by atoms with van der Waals surface area (Å²) in [6.45, 7) is 0.0308. The molecular formula is C21H13Cl2NO2. The van der Waals surface area contributed by atoms with Gasteiger partial charge in [-0.25, -0.2) is 4.79 Å². The van der Waals surface area contributed by atoms with E-state index in [4.69, 9.17) is 27.9 Å². The van der Waals surface area contributed by atoms with Gasteiger partial charge in [-0.2, -0.15) is 5.26 Å². The second kappa shape index (κ2) is 8.05. The summed E-state index contributed by atoms with van der Waals surface area (Å²) in [4.78, 5) is 12.6. The summed E-state index contributed by atoms with van der Waals surface area (Å²) in [5.74, 6) is -0.487. The van der Waals surface area contributed by atoms with Crippen molar-refractivity contribution in [3.8, 4) is 17.2 Å². The Bertz CT molecular complexity index is 1010. The summed E-state index contributed by atoms with van der Waals surface area (Å²) in [5, 5.41) is 10.3. The molecule has 0 N–H and O–H groups in total. The molecule has 0 aliphatic carbocycles. The quantitative estimate of drug-likeness (QED) is 0.529. The molecule has 3 aromatic carbocycles. The molecule has 0 spiro atoms. The van der Waals surface area contributed by atoms with Crippen molar-refractivity contribution in [1.82, 2.24) is 0 Å². The van der Waals surface area contributed by atoms with E-state index >= 15 is 0 Å². The molecule has 0 aromatic heterocycles. The highest BCUT2D eigenvalue weighted by atomic mass is 35.5. The van der Waals surface area contributed by atoms with Gasteiger partial charge in [0.2, 0.25) is 0 Å². The molecule has 5 heteroatoms. The highest BCUT2D eigenvalue weighted by Gasteiger charge is 2.16. The van der Waals surface area contributed by atoms with Crippen molar-refractivity contribution in [2.75, 3.05) is 0 Å². The summed E-state index contributed by atoms with van der Waals surface area (Å²) in [6.07, 6.45) is 0. The average molecular weight is 382 g/mol. The molecule has 0 heterocycles. The highest BCUT2D eigenvalue weighted by Crippen LogP contribution is 2.28. The maximum absolute atomic E-state index is 12.6. The normalized spacial score (nSPS) is 10.2. The minimum absolute atomic E-state index is 0.0308. The first-order valence-corrected chi connectivity index (χ1v) is 8.55. The molecule has 0 unspecified atom stereocenters. The lowest BCUT2D eigenvalue weighted by Gasteiger charge is -2.11. The first-order chi connectivity index (χ1) is 12.6. The molecule has 3 rings (SSSR count). The lowest BCUT2D eigenvalue weighted by molar-refractivity contribution is 0.0474. The summed E-state index contributed by atoms with van der Waals surface area (Å²) < 4.78 is 5.42. The van der Waals surface area contributed by atoms with Crippen LogP contribution in [0.25, 0.3) is 11.1 Å². The molecule has 0 bridgehead atoms. The Morgan fingerprint density at radius 3 is 2.38 bits per heavy atom. The lowest BCUT2D eigenvalue weighted by Crippen LogP contribution is -2.07. The highest BCUT2D eigenvalue weighted by molar-refractivity contribution is 6.35. The molecule has 0 saturated carbocycles. The molecule has 3 nitrogen and oxygen atoms in total. The number of halogens is 2. The van der Waals surface area contributed by atoms with Crippen LogP contribution in [0.1, 0.15) is 21.5 Å². The second-order valence-corrected chi connectivity index (χ2v) is 6.36. The molecule has 0 fully saturated rings. The third kappa shape index (κ3) is 3.88. The first kappa shape index (κ1) is 18.0. The van der Waals surface area contributed by atoms with Gasteiger partial charge in [0.15, 0.2) is 0 Å². The molecular weight excluding hydrogens is 369 g/mol. The molecule has 0 amide bonds. The fourth-order valence-electron chi connectivity index (χ4n) is 2.57. The van der Waals surface area contributed by atoms with E-state index in [1.807, 2.05) is 12.1 Å². The van der Waals surface area contributed by atoms with E-state index in [0.717, 1.165) is 0 Å². The number of hydrogen-bond acceptors (Lipinski definition) is 3. The minimum Gasteiger partial charge on any atom is -0.457 e. The Balaban J connectivity index is 1.88. The Labute approximate surface area is 161 Å². The summed E-state index contributed by atoms with van der Waals surface area (Å²) >= 11 is 12.0. The van der Waals surface area contributed by atoms with Crippen LogP contribution in [0.15, 0.2) is 66.7 Å². The Hall–Kier alpha value is -2.80. The predicted octanol–water partition coefficient (Wildman–Crippen LogP) is 5.89. The zero-order chi connectivity index (χ0) is 18.5. The smallest absolute Gasteiger partial charge is 0.339 e. The maximum Gasteiger partial charge on any atom is 0.339 e. The Morgan fingerprint density at radius 2 is 1.65 bits per heavy atom. The van der Waals surface area contributed by atoms with Crippen molar-refractivity contribution in [3.63, 3.8) is 0 Å². The number of rotatable bonds is 4. The Morgan fingerprint density at radius 1 is 0.962 bits per heavy atom. The van der Waals surface area contributed by atoms with E-state index in [2.05, 4.69) is 6.07 Å². The van der Waals surface area contributed by atoms with Crippen molar-refractivity contribution in [2.45, 2.75) is 6.61 Å². The lowest BCUT2D eigenvalue weighted by atomic mass is 9.96. The zero-order valence-electron chi connectivity index (χ0n) is 13.6. The standard InChI is InChI=1S/C21H13Cl2NO2/c22-16-10-9-15(20(23)11-16)13-26-21(25)19-8-4-3-7-18(19)17-6-2-1-5-14(17)12-24/h1-11H,13H2. The van der Waals surface area contributed by atoms with Crippen molar-refractivity contribution in [2.24, 2.45) is 0 Å². The number of benzene rings is 3. The van der Waals surface area contributed by atoms with Crippen LogP contribution < -0.4 is 0 Å². The predicted molar refractivity (Wildman–Crippen MR) is 102 cm³/mol. The molecule has 0 saturated heterocycles. The number of esters is 1. The molecule has 0 aliphatic rings. The minimum atomic E-state index is -0.487. The monoisotopic (exact) mass is 381 g/mol. The van der Waals surface area contributed by atoms with E-state index in [9.17, 15) is 10.1 Å². The van der Waals surface area contributed by atoms with Gasteiger partial charge < -0.3 is 4.74 Å². The van der Waals surface area contributed by atoms with Crippen LogP contribution in [0, 0.1) is 11.3 Å². The maximum atomic E-state index is 12.6. The first-order valence-electron chi connectivity index (χ1n) is 7.79. The number of carbonyl (C=O) groups excluding carboxylic acids is 1. The van der Waals surface area contributed by atoms with Crippen LogP contribution in [0.4, 0.5) is 0 Å². The number of hydrogen-bond donors (Lipinski definition) is 0. The topological polar surface area (TPSA) is 50.1 Å². The number of nitrogens with zero attached hydrogens (tertiary/aromatic N) is 1. The molecule has 0 atom stereocenters. The van der Waals surface area contributed by atoms with Gasteiger partial charge in [-0.1, -0.05) is 65.7 Å². The van der Waals surface area contributed by atoms with Gasteiger partial charge in [0.05, 0.1) is 17.2 Å².